The molecule has 0 aliphatic heterocycles. The van der Waals surface area contributed by atoms with E-state index in [1.54, 1.807) is 6.07 Å². The Morgan fingerprint density at radius 2 is 1.89 bits per heavy atom. The smallest absolute Gasteiger partial charge is 0.139 e. The normalized spacial score (nSPS) is 10.4. The van der Waals surface area contributed by atoms with Gasteiger partial charge in [-0.2, -0.15) is 0 Å². The lowest BCUT2D eigenvalue weighted by molar-refractivity contribution is 0.621. The van der Waals surface area contributed by atoms with Crippen molar-refractivity contribution in [2.24, 2.45) is 0 Å². The Morgan fingerprint density at radius 1 is 1.11 bits per heavy atom. The van der Waals surface area contributed by atoms with E-state index in [-0.39, 0.29) is 5.82 Å². The molecule has 0 bridgehead atoms. The summed E-state index contributed by atoms with van der Waals surface area (Å²) in [6, 6.07) is 11.4. The molecule has 0 saturated heterocycles. The summed E-state index contributed by atoms with van der Waals surface area (Å²) in [6.45, 7) is 4.87. The van der Waals surface area contributed by atoms with Crippen molar-refractivity contribution in [3.63, 3.8) is 0 Å². The van der Waals surface area contributed by atoms with Gasteiger partial charge in [0.2, 0.25) is 0 Å². The molecular formula is C15H15BrFN. The van der Waals surface area contributed by atoms with Gasteiger partial charge in [0.25, 0.3) is 0 Å². The molecule has 2 aromatic carbocycles. The van der Waals surface area contributed by atoms with Gasteiger partial charge >= 0.3 is 0 Å². The molecule has 1 nitrogen and oxygen atoms in total. The second-order valence-corrected chi connectivity index (χ2v) is 5.27. The van der Waals surface area contributed by atoms with Crippen LogP contribution in [0.25, 0.3) is 0 Å². The summed E-state index contributed by atoms with van der Waals surface area (Å²) in [6.07, 6.45) is 0. The molecular weight excluding hydrogens is 293 g/mol. The summed E-state index contributed by atoms with van der Waals surface area (Å²) in [5.74, 6) is -0.249. The van der Waals surface area contributed by atoms with Crippen LogP contribution in [0.5, 0.6) is 0 Å². The van der Waals surface area contributed by atoms with Crippen LogP contribution >= 0.6 is 15.9 Å². The van der Waals surface area contributed by atoms with Gasteiger partial charge in [-0.25, -0.2) is 4.39 Å². The zero-order chi connectivity index (χ0) is 13.1. The first-order chi connectivity index (χ1) is 8.56. The lowest BCUT2D eigenvalue weighted by Gasteiger charge is -2.10. The number of aryl methyl sites for hydroxylation is 2. The average molecular weight is 308 g/mol. The van der Waals surface area contributed by atoms with Crippen molar-refractivity contribution >= 4 is 21.6 Å². The van der Waals surface area contributed by atoms with Crippen LogP contribution in [0.15, 0.2) is 40.9 Å². The van der Waals surface area contributed by atoms with Crippen molar-refractivity contribution < 1.29 is 4.39 Å². The Morgan fingerprint density at radius 3 is 2.56 bits per heavy atom. The molecule has 2 aromatic rings. The van der Waals surface area contributed by atoms with Crippen molar-refractivity contribution in [3.05, 3.63) is 63.4 Å². The maximum Gasteiger partial charge on any atom is 0.139 e. The monoisotopic (exact) mass is 307 g/mol. The molecule has 0 radical (unpaired) electrons. The van der Waals surface area contributed by atoms with Gasteiger partial charge in [0, 0.05) is 12.2 Å². The first-order valence-corrected chi connectivity index (χ1v) is 6.60. The van der Waals surface area contributed by atoms with Crippen LogP contribution in [0.2, 0.25) is 0 Å². The lowest BCUT2D eigenvalue weighted by atomic mass is 10.1. The average Bonchev–Trinajstić information content (AvgIpc) is 2.32. The number of nitrogens with one attached hydrogen (secondary N) is 1. The van der Waals surface area contributed by atoms with Crippen molar-refractivity contribution in [1.82, 2.24) is 0 Å². The summed E-state index contributed by atoms with van der Waals surface area (Å²) in [7, 11) is 0. The van der Waals surface area contributed by atoms with Gasteiger partial charge in [0.15, 0.2) is 0 Å². The predicted octanol–water partition coefficient (Wildman–Crippen LogP) is 4.82. The SMILES string of the molecule is Cc1ccc(CNc2ccc(Br)c(F)c2)c(C)c1. The highest BCUT2D eigenvalue weighted by atomic mass is 79.9. The molecule has 0 saturated carbocycles. The number of benzene rings is 2. The molecule has 18 heavy (non-hydrogen) atoms. The molecule has 0 heterocycles. The van der Waals surface area contributed by atoms with Gasteiger partial charge in [-0.1, -0.05) is 23.8 Å². The highest BCUT2D eigenvalue weighted by molar-refractivity contribution is 9.10. The van der Waals surface area contributed by atoms with Crippen molar-refractivity contribution in [2.75, 3.05) is 5.32 Å². The van der Waals surface area contributed by atoms with Crippen LogP contribution in [0, 0.1) is 19.7 Å². The molecule has 0 aliphatic rings. The molecule has 0 aromatic heterocycles. The molecule has 2 rings (SSSR count). The van der Waals surface area contributed by atoms with Crippen LogP contribution in [0.4, 0.5) is 10.1 Å². The first kappa shape index (κ1) is 13.1. The topological polar surface area (TPSA) is 12.0 Å². The minimum absolute atomic E-state index is 0.249. The van der Waals surface area contributed by atoms with Crippen LogP contribution < -0.4 is 5.32 Å². The second-order valence-electron chi connectivity index (χ2n) is 4.41. The van der Waals surface area contributed by atoms with Gasteiger partial charge in [-0.15, -0.1) is 0 Å². The van der Waals surface area contributed by atoms with Crippen molar-refractivity contribution in [3.8, 4) is 0 Å². The number of anilines is 1. The highest BCUT2D eigenvalue weighted by Crippen LogP contribution is 2.20. The molecule has 0 unspecified atom stereocenters. The second kappa shape index (κ2) is 5.53. The van der Waals surface area contributed by atoms with E-state index in [1.807, 2.05) is 6.07 Å². The summed E-state index contributed by atoms with van der Waals surface area (Å²) >= 11 is 3.14. The molecule has 3 heteroatoms. The van der Waals surface area contributed by atoms with E-state index in [2.05, 4.69) is 53.3 Å². The van der Waals surface area contributed by atoms with Crippen LogP contribution in [-0.2, 0) is 6.54 Å². The first-order valence-electron chi connectivity index (χ1n) is 5.81. The standard InChI is InChI=1S/C15H15BrFN/c1-10-3-4-12(11(2)7-10)9-18-13-5-6-14(16)15(17)8-13/h3-8,18H,9H2,1-2H3. The van der Waals surface area contributed by atoms with Crippen LogP contribution in [0.3, 0.4) is 0 Å². The van der Waals surface area contributed by atoms with E-state index >= 15 is 0 Å². The molecule has 94 valence electrons. The zero-order valence-corrected chi connectivity index (χ0v) is 12.0. The Hall–Kier alpha value is -1.35. The fraction of sp³-hybridized carbons (Fsp3) is 0.200. The van der Waals surface area contributed by atoms with Gasteiger partial charge in [-0.05, 0) is 59.1 Å². The third kappa shape index (κ3) is 3.10. The van der Waals surface area contributed by atoms with Gasteiger partial charge in [-0.3, -0.25) is 0 Å². The Labute approximate surface area is 115 Å². The Balaban J connectivity index is 2.09. The zero-order valence-electron chi connectivity index (χ0n) is 10.4. The van der Waals surface area contributed by atoms with Crippen molar-refractivity contribution in [2.45, 2.75) is 20.4 Å². The van der Waals surface area contributed by atoms with E-state index in [1.165, 1.54) is 22.8 Å². The molecule has 0 aliphatic carbocycles. The summed E-state index contributed by atoms with van der Waals surface area (Å²) in [4.78, 5) is 0. The predicted molar refractivity (Wildman–Crippen MR) is 77.3 cm³/mol. The largest absolute Gasteiger partial charge is 0.381 e. The summed E-state index contributed by atoms with van der Waals surface area (Å²) in [5.41, 5.74) is 4.52. The number of hydrogen-bond donors (Lipinski definition) is 1. The van der Waals surface area contributed by atoms with E-state index in [9.17, 15) is 4.39 Å². The number of rotatable bonds is 3. The number of hydrogen-bond acceptors (Lipinski definition) is 1. The Bertz CT molecular complexity index is 566. The molecule has 0 spiro atoms. The van der Waals surface area contributed by atoms with E-state index < -0.39 is 0 Å². The fourth-order valence-corrected chi connectivity index (χ4v) is 2.09. The quantitative estimate of drug-likeness (QED) is 0.857. The van der Waals surface area contributed by atoms with Crippen LogP contribution in [-0.4, -0.2) is 0 Å². The van der Waals surface area contributed by atoms with E-state index in [0.717, 1.165) is 5.69 Å². The minimum Gasteiger partial charge on any atom is -0.381 e. The van der Waals surface area contributed by atoms with E-state index in [4.69, 9.17) is 0 Å². The maximum atomic E-state index is 13.4. The van der Waals surface area contributed by atoms with Crippen molar-refractivity contribution in [1.29, 1.82) is 0 Å². The van der Waals surface area contributed by atoms with Gasteiger partial charge in [0.1, 0.15) is 5.82 Å². The van der Waals surface area contributed by atoms with E-state index in [0.29, 0.717) is 11.0 Å². The third-order valence-corrected chi connectivity index (χ3v) is 3.54. The highest BCUT2D eigenvalue weighted by Gasteiger charge is 2.02. The molecule has 0 atom stereocenters. The lowest BCUT2D eigenvalue weighted by Crippen LogP contribution is -2.01. The number of halogens is 2. The Kier molecular flexibility index (Phi) is 4.02. The molecule has 0 amide bonds. The fourth-order valence-electron chi connectivity index (χ4n) is 1.85. The molecule has 1 N–H and O–H groups in total. The van der Waals surface area contributed by atoms with Gasteiger partial charge in [0.05, 0.1) is 4.47 Å². The molecule has 0 fully saturated rings. The minimum atomic E-state index is -0.249. The van der Waals surface area contributed by atoms with Gasteiger partial charge < -0.3 is 5.32 Å². The van der Waals surface area contributed by atoms with Crippen LogP contribution in [0.1, 0.15) is 16.7 Å². The summed E-state index contributed by atoms with van der Waals surface area (Å²) < 4.78 is 13.8. The third-order valence-electron chi connectivity index (χ3n) is 2.90. The summed E-state index contributed by atoms with van der Waals surface area (Å²) in [5, 5.41) is 3.23. The maximum absolute atomic E-state index is 13.4.